The van der Waals surface area contributed by atoms with Crippen molar-refractivity contribution in [3.8, 4) is 11.8 Å². The summed E-state index contributed by atoms with van der Waals surface area (Å²) in [7, 11) is 1.70. The summed E-state index contributed by atoms with van der Waals surface area (Å²) >= 11 is 0. The predicted molar refractivity (Wildman–Crippen MR) is 77.2 cm³/mol. The van der Waals surface area contributed by atoms with E-state index in [-0.39, 0.29) is 12.5 Å². The summed E-state index contributed by atoms with van der Waals surface area (Å²) in [4.78, 5) is 25.1. The normalized spacial score (nSPS) is 9.81. The number of aliphatic hydroxyl groups excluding tert-OH is 1. The maximum absolute atomic E-state index is 12.5. The van der Waals surface area contributed by atoms with Crippen molar-refractivity contribution in [2.75, 3.05) is 13.7 Å². The van der Waals surface area contributed by atoms with Crippen LogP contribution in [0, 0.1) is 11.8 Å². The Morgan fingerprint density at radius 1 is 1.48 bits per heavy atom. The zero-order chi connectivity index (χ0) is 15.1. The fraction of sp³-hybridized carbons (Fsp3) is 0.267. The zero-order valence-corrected chi connectivity index (χ0v) is 11.7. The van der Waals surface area contributed by atoms with Crippen LogP contribution in [0.5, 0.6) is 0 Å². The van der Waals surface area contributed by atoms with Crippen molar-refractivity contribution in [2.45, 2.75) is 13.0 Å². The molecule has 0 atom stereocenters. The number of nitrogens with zero attached hydrogens (tertiary/aromatic N) is 3. The molecule has 0 bridgehead atoms. The van der Waals surface area contributed by atoms with Gasteiger partial charge in [-0.2, -0.15) is 0 Å². The van der Waals surface area contributed by atoms with E-state index in [0.29, 0.717) is 29.9 Å². The van der Waals surface area contributed by atoms with Crippen LogP contribution in [0.3, 0.4) is 0 Å². The Balaban J connectivity index is 2.17. The molecule has 0 saturated carbocycles. The Hall–Kier alpha value is -2.65. The van der Waals surface area contributed by atoms with Crippen LogP contribution in [0.2, 0.25) is 0 Å². The summed E-state index contributed by atoms with van der Waals surface area (Å²) in [6.07, 6.45) is 6.84. The van der Waals surface area contributed by atoms with Crippen molar-refractivity contribution in [1.82, 2.24) is 19.9 Å². The molecule has 0 aromatic carbocycles. The molecule has 0 unspecified atom stereocenters. The minimum Gasteiger partial charge on any atom is -0.395 e. The molecule has 2 heterocycles. The van der Waals surface area contributed by atoms with E-state index in [2.05, 4.69) is 26.8 Å². The largest absolute Gasteiger partial charge is 0.395 e. The molecular formula is C15H16N4O2. The first-order chi connectivity index (χ1) is 10.2. The third-order valence-electron chi connectivity index (χ3n) is 2.80. The summed E-state index contributed by atoms with van der Waals surface area (Å²) in [6, 6.07) is 1.64. The predicted octanol–water partition coefficient (Wildman–Crippen LogP) is 0.811. The van der Waals surface area contributed by atoms with Crippen LogP contribution in [0.15, 0.2) is 30.9 Å². The highest BCUT2D eigenvalue weighted by Gasteiger charge is 2.15. The van der Waals surface area contributed by atoms with Crippen LogP contribution in [0.25, 0.3) is 0 Å². The van der Waals surface area contributed by atoms with E-state index in [9.17, 15) is 4.79 Å². The summed E-state index contributed by atoms with van der Waals surface area (Å²) in [5, 5.41) is 8.75. The number of aromatic nitrogens is 3. The van der Waals surface area contributed by atoms with Crippen molar-refractivity contribution in [2.24, 2.45) is 0 Å². The molecule has 0 radical (unpaired) electrons. The van der Waals surface area contributed by atoms with Gasteiger partial charge >= 0.3 is 0 Å². The third-order valence-corrected chi connectivity index (χ3v) is 2.80. The molecule has 1 amide bonds. The van der Waals surface area contributed by atoms with Crippen LogP contribution in [-0.2, 0) is 6.54 Å². The van der Waals surface area contributed by atoms with E-state index in [1.54, 1.807) is 42.8 Å². The average molecular weight is 284 g/mol. The Morgan fingerprint density at radius 3 is 3.05 bits per heavy atom. The van der Waals surface area contributed by atoms with Gasteiger partial charge in [-0.3, -0.25) is 9.78 Å². The second kappa shape index (κ2) is 7.22. The summed E-state index contributed by atoms with van der Waals surface area (Å²) in [5.41, 5.74) is 1.05. The van der Waals surface area contributed by atoms with Gasteiger partial charge in [0.1, 0.15) is 5.82 Å². The molecule has 2 aromatic rings. The Morgan fingerprint density at radius 2 is 2.33 bits per heavy atom. The van der Waals surface area contributed by atoms with Gasteiger partial charge in [0.25, 0.3) is 5.91 Å². The lowest BCUT2D eigenvalue weighted by Crippen LogP contribution is -2.27. The van der Waals surface area contributed by atoms with Crippen molar-refractivity contribution in [1.29, 1.82) is 0 Å². The maximum Gasteiger partial charge on any atom is 0.255 e. The molecule has 0 aliphatic heterocycles. The molecule has 0 saturated heterocycles. The number of rotatable bonds is 4. The quantitative estimate of drug-likeness (QED) is 0.814. The second-order valence-corrected chi connectivity index (χ2v) is 4.39. The van der Waals surface area contributed by atoms with Gasteiger partial charge in [-0.05, 0) is 6.07 Å². The van der Waals surface area contributed by atoms with Crippen molar-refractivity contribution in [3.05, 3.63) is 47.8 Å². The molecule has 0 spiro atoms. The highest BCUT2D eigenvalue weighted by atomic mass is 16.2. The second-order valence-electron chi connectivity index (χ2n) is 4.39. The number of aliphatic hydroxyl groups is 1. The van der Waals surface area contributed by atoms with Gasteiger partial charge in [0.2, 0.25) is 0 Å². The number of carbonyl (C=O) groups is 1. The van der Waals surface area contributed by atoms with Gasteiger partial charge in [0.15, 0.2) is 0 Å². The maximum atomic E-state index is 12.5. The minimum atomic E-state index is -0.151. The van der Waals surface area contributed by atoms with E-state index in [1.807, 2.05) is 0 Å². The number of aromatic amines is 1. The van der Waals surface area contributed by atoms with E-state index in [4.69, 9.17) is 5.11 Å². The summed E-state index contributed by atoms with van der Waals surface area (Å²) < 4.78 is 0. The number of amides is 1. The molecule has 6 heteroatoms. The van der Waals surface area contributed by atoms with E-state index >= 15 is 0 Å². The van der Waals surface area contributed by atoms with Crippen molar-refractivity contribution >= 4 is 5.91 Å². The summed E-state index contributed by atoms with van der Waals surface area (Å²) in [5.74, 6) is 6.23. The van der Waals surface area contributed by atoms with Gasteiger partial charge < -0.3 is 15.0 Å². The Bertz CT molecular complexity index is 656. The standard InChI is InChI=1S/C15H16N4O2/c1-19(11-14-17-7-8-18-14)15(21)13-5-6-16-10-12(13)4-2-3-9-20/h5-8,10,20H,3,9,11H2,1H3,(H,17,18). The molecule has 6 nitrogen and oxygen atoms in total. The number of imidazole rings is 1. The van der Waals surface area contributed by atoms with Crippen LogP contribution < -0.4 is 0 Å². The number of hydrogen-bond acceptors (Lipinski definition) is 4. The van der Waals surface area contributed by atoms with E-state index in [0.717, 1.165) is 0 Å². The fourth-order valence-electron chi connectivity index (χ4n) is 1.78. The number of nitrogens with one attached hydrogen (secondary N) is 1. The average Bonchev–Trinajstić information content (AvgIpc) is 3.00. The molecule has 21 heavy (non-hydrogen) atoms. The number of pyridine rings is 1. The van der Waals surface area contributed by atoms with Crippen molar-refractivity contribution in [3.63, 3.8) is 0 Å². The number of hydrogen-bond donors (Lipinski definition) is 2. The van der Waals surface area contributed by atoms with Crippen LogP contribution in [0.4, 0.5) is 0 Å². The SMILES string of the molecule is CN(Cc1ncc[nH]1)C(=O)c1ccncc1C#CCCO. The molecular weight excluding hydrogens is 268 g/mol. The first-order valence-electron chi connectivity index (χ1n) is 6.50. The molecule has 2 aromatic heterocycles. The smallest absolute Gasteiger partial charge is 0.255 e. The molecule has 0 fully saturated rings. The minimum absolute atomic E-state index is 0.00502. The van der Waals surface area contributed by atoms with E-state index < -0.39 is 0 Å². The monoisotopic (exact) mass is 284 g/mol. The van der Waals surface area contributed by atoms with Crippen LogP contribution >= 0.6 is 0 Å². The van der Waals surface area contributed by atoms with Crippen LogP contribution in [-0.4, -0.2) is 44.5 Å². The lowest BCUT2D eigenvalue weighted by molar-refractivity contribution is 0.0781. The van der Waals surface area contributed by atoms with Gasteiger partial charge in [-0.25, -0.2) is 4.98 Å². The van der Waals surface area contributed by atoms with Gasteiger partial charge in [-0.1, -0.05) is 11.8 Å². The molecule has 0 aliphatic rings. The lowest BCUT2D eigenvalue weighted by atomic mass is 10.1. The lowest BCUT2D eigenvalue weighted by Gasteiger charge is -2.16. The molecule has 0 aliphatic carbocycles. The molecule has 2 rings (SSSR count). The van der Waals surface area contributed by atoms with Crippen LogP contribution in [0.1, 0.15) is 28.2 Å². The van der Waals surface area contributed by atoms with Gasteiger partial charge in [-0.15, -0.1) is 0 Å². The first-order valence-corrected chi connectivity index (χ1v) is 6.50. The highest BCUT2D eigenvalue weighted by molar-refractivity contribution is 5.96. The number of carbonyl (C=O) groups excluding carboxylic acids is 1. The topological polar surface area (TPSA) is 82.1 Å². The Kier molecular flexibility index (Phi) is 5.07. The zero-order valence-electron chi connectivity index (χ0n) is 11.7. The number of H-pyrrole nitrogens is 1. The van der Waals surface area contributed by atoms with E-state index in [1.165, 1.54) is 0 Å². The van der Waals surface area contributed by atoms with Gasteiger partial charge in [0.05, 0.1) is 24.3 Å². The molecule has 108 valence electrons. The third kappa shape index (κ3) is 3.91. The summed E-state index contributed by atoms with van der Waals surface area (Å²) in [6.45, 7) is 0.382. The van der Waals surface area contributed by atoms with Gasteiger partial charge in [0, 0.05) is 38.3 Å². The Labute approximate surface area is 122 Å². The highest BCUT2D eigenvalue weighted by Crippen LogP contribution is 2.10. The van der Waals surface area contributed by atoms with Crippen molar-refractivity contribution < 1.29 is 9.90 Å². The molecule has 2 N–H and O–H groups in total. The first kappa shape index (κ1) is 14.8. The fourth-order valence-corrected chi connectivity index (χ4v) is 1.78.